The normalized spacial score (nSPS) is 20.3. The summed E-state index contributed by atoms with van der Waals surface area (Å²) in [6.07, 6.45) is 0. The summed E-state index contributed by atoms with van der Waals surface area (Å²) in [6, 6.07) is 5.78. The Kier molecular flexibility index (Phi) is 1.39. The summed E-state index contributed by atoms with van der Waals surface area (Å²) in [7, 11) is -1.000. The maximum Gasteiger partial charge on any atom is 0.0984 e. The van der Waals surface area contributed by atoms with Crippen LogP contribution >= 0.6 is 0 Å². The molecule has 1 unspecified atom stereocenters. The fraction of sp³-hybridized carbons (Fsp3) is 0.125. The van der Waals surface area contributed by atoms with Gasteiger partial charge in [0.15, 0.2) is 0 Å². The van der Waals surface area contributed by atoms with Crippen molar-refractivity contribution in [3.8, 4) is 0 Å². The third-order valence-corrected chi connectivity index (χ3v) is 2.68. The lowest BCUT2D eigenvalue weighted by atomic mass is 10.2. The minimum atomic E-state index is -1.000. The van der Waals surface area contributed by atoms with Crippen LogP contribution in [-0.4, -0.2) is 9.76 Å². The van der Waals surface area contributed by atoms with Crippen LogP contribution in [0.1, 0.15) is 5.56 Å². The third-order valence-electron chi connectivity index (χ3n) is 1.62. The van der Waals surface area contributed by atoms with E-state index in [0.717, 1.165) is 16.1 Å². The Balaban J connectivity index is 2.67. The Morgan fingerprint density at radius 1 is 1.45 bits per heavy atom. The fourth-order valence-corrected chi connectivity index (χ4v) is 2.00. The van der Waals surface area contributed by atoms with Crippen molar-refractivity contribution < 1.29 is 4.21 Å². The van der Waals surface area contributed by atoms with E-state index in [1.165, 1.54) is 5.55 Å². The van der Waals surface area contributed by atoms with Gasteiger partial charge in [-0.05, 0) is 24.6 Å². The predicted octanol–water partition coefficient (Wildman–Crippen LogP) is 1.78. The molecule has 0 amide bonds. The topological polar surface area (TPSA) is 29.4 Å². The molecule has 11 heavy (non-hydrogen) atoms. The molecule has 0 N–H and O–H groups in total. The first-order chi connectivity index (χ1) is 5.27. The Hall–Kier alpha value is -0.960. The summed E-state index contributed by atoms with van der Waals surface area (Å²) in [6.45, 7) is 1.98. The average Bonchev–Trinajstić information content (AvgIpc) is 2.33. The molecule has 56 valence electrons. The second kappa shape index (κ2) is 2.27. The van der Waals surface area contributed by atoms with Crippen LogP contribution in [0.5, 0.6) is 0 Å². The zero-order chi connectivity index (χ0) is 7.84. The van der Waals surface area contributed by atoms with E-state index in [-0.39, 0.29) is 0 Å². The summed E-state index contributed by atoms with van der Waals surface area (Å²) >= 11 is 0. The Morgan fingerprint density at radius 3 is 3.09 bits per heavy atom. The van der Waals surface area contributed by atoms with E-state index in [4.69, 9.17) is 0 Å². The molecule has 0 saturated heterocycles. The highest BCUT2D eigenvalue weighted by molar-refractivity contribution is 7.99. The van der Waals surface area contributed by atoms with E-state index < -0.39 is 10.8 Å². The molecule has 0 saturated carbocycles. The van der Waals surface area contributed by atoms with Crippen LogP contribution in [-0.2, 0) is 10.8 Å². The van der Waals surface area contributed by atoms with Gasteiger partial charge in [0.25, 0.3) is 0 Å². The molecular weight excluding hydrogens is 158 g/mol. The van der Waals surface area contributed by atoms with Crippen molar-refractivity contribution in [2.24, 2.45) is 4.99 Å². The molecule has 2 rings (SSSR count). The van der Waals surface area contributed by atoms with Gasteiger partial charge in [-0.1, -0.05) is 6.07 Å². The lowest BCUT2D eigenvalue weighted by Gasteiger charge is -1.95. The summed E-state index contributed by atoms with van der Waals surface area (Å²) in [5.41, 5.74) is 3.45. The highest BCUT2D eigenvalue weighted by Gasteiger charge is 2.12. The molecule has 2 nitrogen and oxygen atoms in total. The average molecular weight is 165 g/mol. The van der Waals surface area contributed by atoms with Crippen molar-refractivity contribution in [2.45, 2.75) is 11.8 Å². The molecule has 0 radical (unpaired) electrons. The van der Waals surface area contributed by atoms with E-state index >= 15 is 0 Å². The van der Waals surface area contributed by atoms with Crippen LogP contribution in [0.2, 0.25) is 0 Å². The Bertz CT molecular complexity index is 357. The first kappa shape index (κ1) is 6.73. The van der Waals surface area contributed by atoms with Gasteiger partial charge in [-0.25, -0.2) is 9.20 Å². The summed E-state index contributed by atoms with van der Waals surface area (Å²) in [5.74, 6) is 0. The molecule has 1 aliphatic rings. The van der Waals surface area contributed by atoms with Crippen LogP contribution < -0.4 is 0 Å². The standard InChI is InChI=1S/C8H7NOS/c1-6-2-3-7-8(4-6)11(10)5-9-7/h2-5H,1H3. The quantitative estimate of drug-likeness (QED) is 0.576. The lowest BCUT2D eigenvalue weighted by Crippen LogP contribution is -1.85. The molecule has 1 atom stereocenters. The highest BCUT2D eigenvalue weighted by Crippen LogP contribution is 2.27. The van der Waals surface area contributed by atoms with Crippen LogP contribution in [0.25, 0.3) is 0 Å². The monoisotopic (exact) mass is 165 g/mol. The van der Waals surface area contributed by atoms with Crippen LogP contribution in [0.4, 0.5) is 5.69 Å². The van der Waals surface area contributed by atoms with Crippen LogP contribution in [0, 0.1) is 6.92 Å². The van der Waals surface area contributed by atoms with Gasteiger partial charge in [0.1, 0.15) is 0 Å². The maximum absolute atomic E-state index is 11.2. The van der Waals surface area contributed by atoms with E-state index in [1.54, 1.807) is 0 Å². The third kappa shape index (κ3) is 1.01. The minimum absolute atomic E-state index is 0.838. The van der Waals surface area contributed by atoms with E-state index in [1.807, 2.05) is 25.1 Å². The number of aliphatic imine (C=N–C) groups is 1. The second-order valence-electron chi connectivity index (χ2n) is 2.50. The number of benzene rings is 1. The van der Waals surface area contributed by atoms with Gasteiger partial charge in [-0.15, -0.1) is 0 Å². The first-order valence-corrected chi connectivity index (χ1v) is 4.54. The Morgan fingerprint density at radius 2 is 2.27 bits per heavy atom. The first-order valence-electron chi connectivity index (χ1n) is 3.33. The van der Waals surface area contributed by atoms with Gasteiger partial charge in [0, 0.05) is 0 Å². The predicted molar refractivity (Wildman–Crippen MR) is 45.7 cm³/mol. The number of aryl methyl sites for hydroxylation is 1. The van der Waals surface area contributed by atoms with Gasteiger partial charge in [0.2, 0.25) is 0 Å². The summed E-state index contributed by atoms with van der Waals surface area (Å²) in [5, 5.41) is 0. The van der Waals surface area contributed by atoms with E-state index in [9.17, 15) is 4.21 Å². The van der Waals surface area contributed by atoms with Crippen molar-refractivity contribution in [1.82, 2.24) is 0 Å². The summed E-state index contributed by atoms with van der Waals surface area (Å²) in [4.78, 5) is 4.83. The molecule has 3 heteroatoms. The molecule has 0 fully saturated rings. The number of hydrogen-bond acceptors (Lipinski definition) is 2. The molecule has 1 aliphatic heterocycles. The molecule has 1 aromatic carbocycles. The molecule has 1 aromatic rings. The van der Waals surface area contributed by atoms with Gasteiger partial charge < -0.3 is 0 Å². The number of hydrogen-bond donors (Lipinski definition) is 0. The minimum Gasteiger partial charge on any atom is -0.248 e. The van der Waals surface area contributed by atoms with Crippen molar-refractivity contribution >= 4 is 22.0 Å². The maximum atomic E-state index is 11.2. The second-order valence-corrected chi connectivity index (χ2v) is 3.75. The molecule has 0 spiro atoms. The smallest absolute Gasteiger partial charge is 0.0984 e. The van der Waals surface area contributed by atoms with Crippen molar-refractivity contribution in [3.63, 3.8) is 0 Å². The van der Waals surface area contributed by atoms with Crippen LogP contribution in [0.3, 0.4) is 0 Å². The van der Waals surface area contributed by atoms with Crippen molar-refractivity contribution in [1.29, 1.82) is 0 Å². The van der Waals surface area contributed by atoms with E-state index in [2.05, 4.69) is 4.99 Å². The Labute approximate surface area is 67.4 Å². The summed E-state index contributed by atoms with van der Waals surface area (Å²) < 4.78 is 11.2. The van der Waals surface area contributed by atoms with E-state index in [0.29, 0.717) is 0 Å². The fourth-order valence-electron chi connectivity index (χ4n) is 1.05. The largest absolute Gasteiger partial charge is 0.248 e. The molecular formula is C8H7NOS. The number of fused-ring (bicyclic) bond motifs is 1. The molecule has 0 bridgehead atoms. The lowest BCUT2D eigenvalue weighted by molar-refractivity contribution is 0.691. The van der Waals surface area contributed by atoms with Gasteiger partial charge in [0.05, 0.1) is 26.9 Å². The van der Waals surface area contributed by atoms with Gasteiger partial charge in [-0.3, -0.25) is 0 Å². The van der Waals surface area contributed by atoms with Gasteiger partial charge >= 0.3 is 0 Å². The SMILES string of the molecule is Cc1ccc2c(c1)S(=O)C=N2. The van der Waals surface area contributed by atoms with Crippen molar-refractivity contribution in [3.05, 3.63) is 23.8 Å². The van der Waals surface area contributed by atoms with Gasteiger partial charge in [-0.2, -0.15) is 0 Å². The number of nitrogens with zero attached hydrogens (tertiary/aromatic N) is 1. The zero-order valence-corrected chi connectivity index (χ0v) is 6.89. The molecule has 0 aliphatic carbocycles. The highest BCUT2D eigenvalue weighted by atomic mass is 32.2. The molecule has 1 heterocycles. The number of rotatable bonds is 0. The van der Waals surface area contributed by atoms with Crippen molar-refractivity contribution in [2.75, 3.05) is 0 Å². The van der Waals surface area contributed by atoms with Crippen LogP contribution in [0.15, 0.2) is 28.1 Å². The molecule has 0 aromatic heterocycles. The zero-order valence-electron chi connectivity index (χ0n) is 6.07.